The number of imidazole rings is 1. The topological polar surface area (TPSA) is 70.2 Å². The van der Waals surface area contributed by atoms with Crippen LogP contribution in [-0.2, 0) is 16.1 Å². The molecule has 1 aromatic carbocycles. The molecule has 1 saturated carbocycles. The molecule has 1 aliphatic carbocycles. The number of rotatable bonds is 4. The Balaban J connectivity index is 1.48. The highest BCUT2D eigenvalue weighted by atomic mass is 16.5. The molecule has 1 saturated heterocycles. The first-order valence-electron chi connectivity index (χ1n) is 7.87. The molecule has 0 radical (unpaired) electrons. The number of fused-ring (bicyclic) bond motifs is 1. The first-order valence-corrected chi connectivity index (χ1v) is 7.87. The standard InChI is InChI=1S/C16H20N4O2/c21-16(11-1-2-11)17-12-3-4-13-14(9-12)19-15(18-13)10-20-5-7-22-8-6-20/h3-4,9,11H,1-2,5-8,10H2,(H,17,21)(H,18,19). The predicted molar refractivity (Wildman–Crippen MR) is 83.5 cm³/mol. The summed E-state index contributed by atoms with van der Waals surface area (Å²) < 4.78 is 5.36. The Labute approximate surface area is 128 Å². The molecular formula is C16H20N4O2. The summed E-state index contributed by atoms with van der Waals surface area (Å²) in [4.78, 5) is 22.1. The summed E-state index contributed by atoms with van der Waals surface area (Å²) in [6.07, 6.45) is 2.03. The number of benzene rings is 1. The minimum atomic E-state index is 0.132. The van der Waals surface area contributed by atoms with Crippen molar-refractivity contribution in [2.75, 3.05) is 31.6 Å². The van der Waals surface area contributed by atoms with Gasteiger partial charge in [-0.25, -0.2) is 4.98 Å². The van der Waals surface area contributed by atoms with Gasteiger partial charge in [0.25, 0.3) is 0 Å². The normalized spacial score (nSPS) is 19.5. The van der Waals surface area contributed by atoms with Gasteiger partial charge in [0.05, 0.1) is 30.8 Å². The summed E-state index contributed by atoms with van der Waals surface area (Å²) in [6, 6.07) is 5.84. The van der Waals surface area contributed by atoms with Crippen molar-refractivity contribution in [3.63, 3.8) is 0 Å². The maximum atomic E-state index is 11.8. The molecule has 0 atom stereocenters. The number of hydrogen-bond acceptors (Lipinski definition) is 4. The third-order valence-electron chi connectivity index (χ3n) is 4.22. The van der Waals surface area contributed by atoms with Crippen molar-refractivity contribution >= 4 is 22.6 Å². The number of carbonyl (C=O) groups is 1. The maximum absolute atomic E-state index is 11.8. The highest BCUT2D eigenvalue weighted by molar-refractivity contribution is 5.95. The molecule has 1 amide bonds. The van der Waals surface area contributed by atoms with Crippen LogP contribution in [0.3, 0.4) is 0 Å². The average Bonchev–Trinajstić information content (AvgIpc) is 3.30. The Morgan fingerprint density at radius 3 is 2.95 bits per heavy atom. The monoisotopic (exact) mass is 300 g/mol. The fourth-order valence-electron chi connectivity index (χ4n) is 2.78. The third kappa shape index (κ3) is 2.98. The number of carbonyl (C=O) groups excluding carboxylic acids is 1. The zero-order valence-electron chi connectivity index (χ0n) is 12.5. The van der Waals surface area contributed by atoms with Gasteiger partial charge in [0, 0.05) is 24.7 Å². The molecule has 6 heteroatoms. The fourth-order valence-corrected chi connectivity index (χ4v) is 2.78. The fraction of sp³-hybridized carbons (Fsp3) is 0.500. The Bertz CT molecular complexity index is 687. The second-order valence-electron chi connectivity index (χ2n) is 6.07. The second kappa shape index (κ2) is 5.70. The summed E-state index contributed by atoms with van der Waals surface area (Å²) >= 11 is 0. The van der Waals surface area contributed by atoms with Crippen LogP contribution in [0.1, 0.15) is 18.7 Å². The molecule has 2 aromatic rings. The Kier molecular flexibility index (Phi) is 3.56. The summed E-state index contributed by atoms with van der Waals surface area (Å²) in [6.45, 7) is 4.27. The van der Waals surface area contributed by atoms with E-state index in [0.29, 0.717) is 0 Å². The summed E-state index contributed by atoms with van der Waals surface area (Å²) in [5, 5.41) is 2.97. The molecule has 2 N–H and O–H groups in total. The minimum Gasteiger partial charge on any atom is -0.379 e. The molecule has 2 fully saturated rings. The highest BCUT2D eigenvalue weighted by Crippen LogP contribution is 2.30. The van der Waals surface area contributed by atoms with E-state index in [1.54, 1.807) is 0 Å². The largest absolute Gasteiger partial charge is 0.379 e. The molecule has 0 bridgehead atoms. The van der Waals surface area contributed by atoms with Gasteiger partial charge in [-0.1, -0.05) is 0 Å². The summed E-state index contributed by atoms with van der Waals surface area (Å²) in [5.74, 6) is 1.31. The first-order chi connectivity index (χ1) is 10.8. The number of morpholine rings is 1. The van der Waals surface area contributed by atoms with Crippen LogP contribution in [0.4, 0.5) is 5.69 Å². The Hall–Kier alpha value is -1.92. The van der Waals surface area contributed by atoms with E-state index in [9.17, 15) is 4.79 Å². The number of amides is 1. The molecule has 116 valence electrons. The molecule has 1 aliphatic heterocycles. The predicted octanol–water partition coefficient (Wildman–Crippen LogP) is 1.74. The number of anilines is 1. The molecule has 0 spiro atoms. The second-order valence-corrected chi connectivity index (χ2v) is 6.07. The number of nitrogens with zero attached hydrogens (tertiary/aromatic N) is 2. The van der Waals surface area contributed by atoms with E-state index in [-0.39, 0.29) is 11.8 Å². The molecule has 1 aromatic heterocycles. The van der Waals surface area contributed by atoms with Gasteiger partial charge in [-0.05, 0) is 31.0 Å². The molecule has 4 rings (SSSR count). The lowest BCUT2D eigenvalue weighted by Crippen LogP contribution is -2.35. The van der Waals surface area contributed by atoms with Gasteiger partial charge in [-0.3, -0.25) is 9.69 Å². The Morgan fingerprint density at radius 2 is 2.18 bits per heavy atom. The lowest BCUT2D eigenvalue weighted by molar-refractivity contribution is -0.117. The lowest BCUT2D eigenvalue weighted by atomic mass is 10.2. The van der Waals surface area contributed by atoms with Gasteiger partial charge in [-0.2, -0.15) is 0 Å². The van der Waals surface area contributed by atoms with Crippen LogP contribution >= 0.6 is 0 Å². The summed E-state index contributed by atoms with van der Waals surface area (Å²) in [5.41, 5.74) is 2.75. The Morgan fingerprint density at radius 1 is 1.36 bits per heavy atom. The molecule has 2 aliphatic rings. The van der Waals surface area contributed by atoms with Crippen molar-refractivity contribution in [3.8, 4) is 0 Å². The molecule has 22 heavy (non-hydrogen) atoms. The van der Waals surface area contributed by atoms with Crippen molar-refractivity contribution in [2.45, 2.75) is 19.4 Å². The molecule has 0 unspecified atom stereocenters. The maximum Gasteiger partial charge on any atom is 0.227 e. The van der Waals surface area contributed by atoms with Gasteiger partial charge in [0.1, 0.15) is 5.82 Å². The van der Waals surface area contributed by atoms with Gasteiger partial charge >= 0.3 is 0 Å². The number of hydrogen-bond donors (Lipinski definition) is 2. The average molecular weight is 300 g/mol. The zero-order chi connectivity index (χ0) is 14.9. The van der Waals surface area contributed by atoms with Crippen LogP contribution in [-0.4, -0.2) is 47.1 Å². The van der Waals surface area contributed by atoms with Crippen LogP contribution in [0.15, 0.2) is 18.2 Å². The SMILES string of the molecule is O=C(Nc1ccc2nc(CN3CCOCC3)[nH]c2c1)C1CC1. The lowest BCUT2D eigenvalue weighted by Gasteiger charge is -2.25. The van der Waals surface area contributed by atoms with E-state index in [0.717, 1.165) is 68.2 Å². The van der Waals surface area contributed by atoms with E-state index < -0.39 is 0 Å². The zero-order valence-corrected chi connectivity index (χ0v) is 12.5. The number of aromatic amines is 1. The van der Waals surface area contributed by atoms with E-state index in [1.807, 2.05) is 18.2 Å². The molecule has 6 nitrogen and oxygen atoms in total. The number of aromatic nitrogens is 2. The minimum absolute atomic E-state index is 0.132. The van der Waals surface area contributed by atoms with Gasteiger partial charge < -0.3 is 15.0 Å². The van der Waals surface area contributed by atoms with Gasteiger partial charge in [-0.15, -0.1) is 0 Å². The van der Waals surface area contributed by atoms with Gasteiger partial charge in [0.15, 0.2) is 0 Å². The van der Waals surface area contributed by atoms with E-state index in [4.69, 9.17) is 4.74 Å². The number of ether oxygens (including phenoxy) is 1. The van der Waals surface area contributed by atoms with Crippen molar-refractivity contribution in [2.24, 2.45) is 5.92 Å². The highest BCUT2D eigenvalue weighted by Gasteiger charge is 2.29. The summed E-state index contributed by atoms with van der Waals surface area (Å²) in [7, 11) is 0. The van der Waals surface area contributed by atoms with Crippen molar-refractivity contribution in [3.05, 3.63) is 24.0 Å². The third-order valence-corrected chi connectivity index (χ3v) is 4.22. The van der Waals surface area contributed by atoms with Crippen LogP contribution in [0.25, 0.3) is 11.0 Å². The van der Waals surface area contributed by atoms with Crippen molar-refractivity contribution < 1.29 is 9.53 Å². The van der Waals surface area contributed by atoms with E-state index >= 15 is 0 Å². The van der Waals surface area contributed by atoms with Crippen LogP contribution in [0.5, 0.6) is 0 Å². The van der Waals surface area contributed by atoms with E-state index in [1.165, 1.54) is 0 Å². The molecule has 2 heterocycles. The molecular weight excluding hydrogens is 280 g/mol. The van der Waals surface area contributed by atoms with Crippen LogP contribution < -0.4 is 5.32 Å². The van der Waals surface area contributed by atoms with Crippen LogP contribution in [0.2, 0.25) is 0 Å². The smallest absolute Gasteiger partial charge is 0.227 e. The van der Waals surface area contributed by atoms with E-state index in [2.05, 4.69) is 20.2 Å². The first kappa shape index (κ1) is 13.7. The number of H-pyrrole nitrogens is 1. The number of nitrogens with one attached hydrogen (secondary N) is 2. The quantitative estimate of drug-likeness (QED) is 0.902. The van der Waals surface area contributed by atoms with Crippen molar-refractivity contribution in [1.29, 1.82) is 0 Å². The van der Waals surface area contributed by atoms with Crippen molar-refractivity contribution in [1.82, 2.24) is 14.9 Å². The van der Waals surface area contributed by atoms with Gasteiger partial charge in [0.2, 0.25) is 5.91 Å². The van der Waals surface area contributed by atoms with Crippen LogP contribution in [0, 0.1) is 5.92 Å².